The Kier molecular flexibility index (Phi) is 5.15. The van der Waals surface area contributed by atoms with Gasteiger partial charge in [-0.15, -0.1) is 0 Å². The van der Waals surface area contributed by atoms with Crippen LogP contribution in [0.15, 0.2) is 20.0 Å². The largest absolute Gasteiger partial charge is 0.452 e. The van der Waals surface area contributed by atoms with E-state index in [2.05, 4.69) is 33.1 Å². The molecule has 0 saturated carbocycles. The van der Waals surface area contributed by atoms with Crippen LogP contribution in [0.5, 0.6) is 0 Å². The fourth-order valence-corrected chi connectivity index (χ4v) is 5.27. The Morgan fingerprint density at radius 2 is 2.14 bits per heavy atom. The van der Waals surface area contributed by atoms with Gasteiger partial charge in [0.1, 0.15) is 10.7 Å². The smallest absolute Gasteiger partial charge is 0.247 e. The van der Waals surface area contributed by atoms with E-state index in [1.54, 1.807) is 17.4 Å². The Morgan fingerprint density at radius 1 is 1.48 bits per heavy atom. The van der Waals surface area contributed by atoms with Crippen LogP contribution < -0.4 is 5.32 Å². The zero-order chi connectivity index (χ0) is 15.8. The molecule has 2 rings (SSSR count). The SMILES string of the molecule is CNCc1cc(S(=O)(=O)N2CC(C)C(N(C)C)C2)c(Br)o1. The van der Waals surface area contributed by atoms with Crippen molar-refractivity contribution in [1.29, 1.82) is 0 Å². The summed E-state index contributed by atoms with van der Waals surface area (Å²) in [4.78, 5) is 2.29. The minimum atomic E-state index is -3.53. The van der Waals surface area contributed by atoms with Crippen LogP contribution in [-0.4, -0.2) is 57.9 Å². The van der Waals surface area contributed by atoms with Gasteiger partial charge in [0.05, 0.1) is 6.54 Å². The third kappa shape index (κ3) is 3.34. The summed E-state index contributed by atoms with van der Waals surface area (Å²) in [6, 6.07) is 1.83. The first kappa shape index (κ1) is 17.0. The lowest BCUT2D eigenvalue weighted by atomic mass is 10.1. The third-order valence-corrected chi connectivity index (χ3v) is 6.57. The number of likely N-dealkylation sites (N-methyl/N-ethyl adjacent to an activating group) is 1. The molecule has 0 amide bonds. The molecule has 1 aliphatic heterocycles. The monoisotopic (exact) mass is 379 g/mol. The highest BCUT2D eigenvalue weighted by Crippen LogP contribution is 2.32. The Labute approximate surface area is 134 Å². The predicted octanol–water partition coefficient (Wildman–Crippen LogP) is 1.33. The molecule has 120 valence electrons. The molecule has 0 aliphatic carbocycles. The van der Waals surface area contributed by atoms with E-state index in [4.69, 9.17) is 4.42 Å². The second-order valence-electron chi connectivity index (χ2n) is 5.71. The second kappa shape index (κ2) is 6.37. The summed E-state index contributed by atoms with van der Waals surface area (Å²) >= 11 is 3.22. The first-order valence-electron chi connectivity index (χ1n) is 6.86. The maximum Gasteiger partial charge on any atom is 0.247 e. The molecule has 2 unspecified atom stereocenters. The normalized spacial score (nSPS) is 24.1. The van der Waals surface area contributed by atoms with Crippen molar-refractivity contribution in [3.63, 3.8) is 0 Å². The van der Waals surface area contributed by atoms with Crippen LogP contribution in [0.2, 0.25) is 0 Å². The highest BCUT2D eigenvalue weighted by molar-refractivity contribution is 9.10. The fourth-order valence-electron chi connectivity index (χ4n) is 2.75. The highest BCUT2D eigenvalue weighted by atomic mass is 79.9. The predicted molar refractivity (Wildman–Crippen MR) is 84.6 cm³/mol. The van der Waals surface area contributed by atoms with Gasteiger partial charge in [-0.3, -0.25) is 0 Å². The van der Waals surface area contributed by atoms with E-state index >= 15 is 0 Å². The van der Waals surface area contributed by atoms with Crippen LogP contribution in [0.4, 0.5) is 0 Å². The topological polar surface area (TPSA) is 65.8 Å². The molecule has 1 aliphatic rings. The van der Waals surface area contributed by atoms with Gasteiger partial charge in [-0.25, -0.2) is 8.42 Å². The summed E-state index contributed by atoms with van der Waals surface area (Å²) in [7, 11) is 2.22. The van der Waals surface area contributed by atoms with Crippen molar-refractivity contribution in [2.45, 2.75) is 24.4 Å². The molecule has 1 fully saturated rings. The molecule has 1 N–H and O–H groups in total. The number of rotatable bonds is 5. The van der Waals surface area contributed by atoms with Crippen LogP contribution in [0, 0.1) is 5.92 Å². The summed E-state index contributed by atoms with van der Waals surface area (Å²) in [5, 5.41) is 2.94. The standard InChI is InChI=1S/C13H22BrN3O3S/c1-9-7-17(8-11(9)16(3)4)21(18,19)12-5-10(6-15-2)20-13(12)14/h5,9,11,15H,6-8H2,1-4H3. The number of halogens is 1. The van der Waals surface area contributed by atoms with Gasteiger partial charge >= 0.3 is 0 Å². The second-order valence-corrected chi connectivity index (χ2v) is 8.34. The number of furan rings is 1. The van der Waals surface area contributed by atoms with Crippen molar-refractivity contribution < 1.29 is 12.8 Å². The van der Waals surface area contributed by atoms with E-state index in [-0.39, 0.29) is 15.6 Å². The molecule has 0 radical (unpaired) electrons. The van der Waals surface area contributed by atoms with Gasteiger partial charge in [-0.2, -0.15) is 4.31 Å². The molecule has 1 aromatic rings. The number of nitrogens with zero attached hydrogens (tertiary/aromatic N) is 2. The molecule has 2 heterocycles. The third-order valence-electron chi connectivity index (χ3n) is 3.88. The molecular formula is C13H22BrN3O3S. The molecule has 0 bridgehead atoms. The Hall–Kier alpha value is -0.410. The zero-order valence-corrected chi connectivity index (χ0v) is 15.2. The summed E-state index contributed by atoms with van der Waals surface area (Å²) < 4.78 is 32.8. The van der Waals surface area contributed by atoms with Crippen LogP contribution in [-0.2, 0) is 16.6 Å². The van der Waals surface area contributed by atoms with E-state index in [0.717, 1.165) is 0 Å². The van der Waals surface area contributed by atoms with Crippen molar-refractivity contribution >= 4 is 26.0 Å². The lowest BCUT2D eigenvalue weighted by Crippen LogP contribution is -2.35. The van der Waals surface area contributed by atoms with Crippen molar-refractivity contribution in [3.05, 3.63) is 16.5 Å². The van der Waals surface area contributed by atoms with Crippen LogP contribution in [0.25, 0.3) is 0 Å². The van der Waals surface area contributed by atoms with Gasteiger partial charge in [0.2, 0.25) is 10.0 Å². The Bertz CT molecular complexity index is 600. The average Bonchev–Trinajstić information content (AvgIpc) is 2.94. The molecule has 8 heteroatoms. The number of sulfonamides is 1. The molecule has 0 aromatic carbocycles. The first-order valence-corrected chi connectivity index (χ1v) is 9.10. The van der Waals surface area contributed by atoms with Gasteiger partial charge in [0, 0.05) is 25.2 Å². The Balaban J connectivity index is 2.27. The van der Waals surface area contributed by atoms with E-state index in [1.165, 1.54) is 0 Å². The van der Waals surface area contributed by atoms with Gasteiger partial charge in [-0.1, -0.05) is 6.92 Å². The molecule has 6 nitrogen and oxygen atoms in total. The van der Waals surface area contributed by atoms with Crippen LogP contribution in [0.3, 0.4) is 0 Å². The van der Waals surface area contributed by atoms with E-state index in [1.807, 2.05) is 14.1 Å². The highest BCUT2D eigenvalue weighted by Gasteiger charge is 2.39. The van der Waals surface area contributed by atoms with Crippen molar-refractivity contribution in [2.24, 2.45) is 5.92 Å². The molecule has 1 saturated heterocycles. The molecule has 0 spiro atoms. The van der Waals surface area contributed by atoms with Crippen molar-refractivity contribution in [2.75, 3.05) is 34.2 Å². The Morgan fingerprint density at radius 3 is 2.67 bits per heavy atom. The summed E-state index contributed by atoms with van der Waals surface area (Å²) in [5.41, 5.74) is 0. The minimum Gasteiger partial charge on any atom is -0.452 e. The first-order chi connectivity index (χ1) is 9.77. The maximum absolute atomic E-state index is 12.8. The van der Waals surface area contributed by atoms with Crippen molar-refractivity contribution in [3.8, 4) is 0 Å². The quantitative estimate of drug-likeness (QED) is 0.835. The number of hydrogen-bond acceptors (Lipinski definition) is 5. The maximum atomic E-state index is 12.8. The molecule has 21 heavy (non-hydrogen) atoms. The van der Waals surface area contributed by atoms with Gasteiger partial charge in [0.15, 0.2) is 4.67 Å². The van der Waals surface area contributed by atoms with Gasteiger partial charge in [0.25, 0.3) is 0 Å². The minimum absolute atomic E-state index is 0.208. The average molecular weight is 380 g/mol. The van der Waals surface area contributed by atoms with Crippen molar-refractivity contribution in [1.82, 2.24) is 14.5 Å². The van der Waals surface area contributed by atoms with E-state index < -0.39 is 10.0 Å². The number of nitrogens with one attached hydrogen (secondary N) is 1. The summed E-state index contributed by atoms with van der Waals surface area (Å²) in [6.07, 6.45) is 0. The number of hydrogen-bond donors (Lipinski definition) is 1. The lowest BCUT2D eigenvalue weighted by Gasteiger charge is -2.22. The lowest BCUT2D eigenvalue weighted by molar-refractivity contribution is 0.263. The molecule has 1 aromatic heterocycles. The zero-order valence-electron chi connectivity index (χ0n) is 12.8. The molecule has 2 atom stereocenters. The summed E-state index contributed by atoms with van der Waals surface area (Å²) in [6.45, 7) is 3.61. The van der Waals surface area contributed by atoms with E-state index in [0.29, 0.717) is 31.3 Å². The van der Waals surface area contributed by atoms with Gasteiger partial charge in [-0.05, 0) is 43.0 Å². The van der Waals surface area contributed by atoms with Crippen LogP contribution >= 0.6 is 15.9 Å². The van der Waals surface area contributed by atoms with Crippen LogP contribution in [0.1, 0.15) is 12.7 Å². The fraction of sp³-hybridized carbons (Fsp3) is 0.692. The van der Waals surface area contributed by atoms with Gasteiger partial charge < -0.3 is 14.6 Å². The van der Waals surface area contributed by atoms with E-state index in [9.17, 15) is 8.42 Å². The summed E-state index contributed by atoms with van der Waals surface area (Å²) in [5.74, 6) is 0.900. The molecular weight excluding hydrogens is 358 g/mol.